The highest BCUT2D eigenvalue weighted by Gasteiger charge is 2.27. The van der Waals surface area contributed by atoms with Gasteiger partial charge < -0.3 is 4.90 Å². The molecule has 18 heavy (non-hydrogen) atoms. The minimum atomic E-state index is 0.990. The third-order valence-corrected chi connectivity index (χ3v) is 4.01. The van der Waals surface area contributed by atoms with Gasteiger partial charge in [-0.15, -0.1) is 0 Å². The lowest BCUT2D eigenvalue weighted by molar-refractivity contribution is 0.242. The molecule has 0 bridgehead atoms. The van der Waals surface area contributed by atoms with Crippen LogP contribution in [0.1, 0.15) is 29.5 Å². The lowest BCUT2D eigenvalue weighted by Crippen LogP contribution is -2.33. The maximum atomic E-state index is 4.43. The second-order valence-corrected chi connectivity index (χ2v) is 6.10. The fourth-order valence-electron chi connectivity index (χ4n) is 2.92. The third kappa shape index (κ3) is 2.73. The van der Waals surface area contributed by atoms with Crippen molar-refractivity contribution in [1.29, 1.82) is 0 Å². The van der Waals surface area contributed by atoms with Crippen LogP contribution in [0.4, 0.5) is 0 Å². The van der Waals surface area contributed by atoms with Crippen LogP contribution < -0.4 is 0 Å². The van der Waals surface area contributed by atoms with Crippen LogP contribution in [0.15, 0.2) is 12.4 Å². The van der Waals surface area contributed by atoms with E-state index < -0.39 is 0 Å². The van der Waals surface area contributed by atoms with Gasteiger partial charge in [0, 0.05) is 38.6 Å². The summed E-state index contributed by atoms with van der Waals surface area (Å²) in [6.07, 6.45) is 8.22. The van der Waals surface area contributed by atoms with Gasteiger partial charge in [0.15, 0.2) is 0 Å². The maximum absolute atomic E-state index is 4.43. The molecule has 3 rings (SSSR count). The van der Waals surface area contributed by atoms with E-state index in [1.165, 1.54) is 43.5 Å². The highest BCUT2D eigenvalue weighted by Crippen LogP contribution is 2.31. The molecule has 0 spiro atoms. The van der Waals surface area contributed by atoms with Crippen LogP contribution >= 0.6 is 0 Å². The van der Waals surface area contributed by atoms with Crippen LogP contribution in [0.2, 0.25) is 0 Å². The van der Waals surface area contributed by atoms with E-state index >= 15 is 0 Å². The Kier molecular flexibility index (Phi) is 3.35. The van der Waals surface area contributed by atoms with E-state index in [4.69, 9.17) is 0 Å². The topological polar surface area (TPSA) is 19.4 Å². The predicted octanol–water partition coefficient (Wildman–Crippen LogP) is 1.91. The van der Waals surface area contributed by atoms with Gasteiger partial charge in [0.25, 0.3) is 0 Å². The first kappa shape index (κ1) is 12.1. The first-order chi connectivity index (χ1) is 8.72. The number of pyridine rings is 1. The summed E-state index contributed by atoms with van der Waals surface area (Å²) in [5.41, 5.74) is 4.44. The standard InChI is InChI=1S/C15H23N3/c1-17(2)10-13-7-16-8-14-11-18(6-5-15(13)14)9-12-3-4-12/h7-8,12H,3-6,9-11H2,1-2H3. The molecule has 0 unspecified atom stereocenters. The van der Waals surface area contributed by atoms with Crippen LogP contribution in [0.25, 0.3) is 0 Å². The number of aromatic nitrogens is 1. The van der Waals surface area contributed by atoms with E-state index in [1.807, 2.05) is 0 Å². The monoisotopic (exact) mass is 245 g/mol. The molecule has 2 aliphatic rings. The number of rotatable bonds is 4. The molecule has 1 saturated carbocycles. The van der Waals surface area contributed by atoms with Crippen molar-refractivity contribution in [2.24, 2.45) is 5.92 Å². The minimum absolute atomic E-state index is 0.990. The molecule has 2 heterocycles. The molecule has 1 aliphatic heterocycles. The summed E-state index contributed by atoms with van der Waals surface area (Å²) in [6.45, 7) is 4.66. The Labute approximate surface area is 110 Å². The molecular formula is C15H23N3. The van der Waals surface area contributed by atoms with Crippen molar-refractivity contribution in [2.75, 3.05) is 27.2 Å². The molecule has 3 heteroatoms. The number of fused-ring (bicyclic) bond motifs is 1. The molecule has 1 aromatic rings. The van der Waals surface area contributed by atoms with Gasteiger partial charge in [0.1, 0.15) is 0 Å². The molecule has 98 valence electrons. The minimum Gasteiger partial charge on any atom is -0.305 e. The molecule has 0 amide bonds. The molecule has 1 aliphatic carbocycles. The second-order valence-electron chi connectivity index (χ2n) is 6.10. The second kappa shape index (κ2) is 4.98. The van der Waals surface area contributed by atoms with Crippen LogP contribution in [0.5, 0.6) is 0 Å². The highest BCUT2D eigenvalue weighted by atomic mass is 15.1. The zero-order valence-electron chi connectivity index (χ0n) is 11.5. The number of hydrogen-bond donors (Lipinski definition) is 0. The van der Waals surface area contributed by atoms with Gasteiger partial charge in [-0.2, -0.15) is 0 Å². The summed E-state index contributed by atoms with van der Waals surface area (Å²) >= 11 is 0. The molecular weight excluding hydrogens is 222 g/mol. The number of nitrogens with zero attached hydrogens (tertiary/aromatic N) is 3. The molecule has 3 nitrogen and oxygen atoms in total. The Morgan fingerprint density at radius 1 is 1.33 bits per heavy atom. The molecule has 0 atom stereocenters. The van der Waals surface area contributed by atoms with Crippen molar-refractivity contribution in [1.82, 2.24) is 14.8 Å². The smallest absolute Gasteiger partial charge is 0.0315 e. The highest BCUT2D eigenvalue weighted by molar-refractivity contribution is 5.33. The average Bonchev–Trinajstić information content (AvgIpc) is 3.12. The average molecular weight is 245 g/mol. The van der Waals surface area contributed by atoms with E-state index in [2.05, 4.69) is 41.3 Å². The van der Waals surface area contributed by atoms with Crippen LogP contribution in [0, 0.1) is 5.92 Å². The Hall–Kier alpha value is -0.930. The normalized spacial score (nSPS) is 20.2. The zero-order chi connectivity index (χ0) is 12.5. The van der Waals surface area contributed by atoms with Gasteiger partial charge >= 0.3 is 0 Å². The van der Waals surface area contributed by atoms with E-state index in [-0.39, 0.29) is 0 Å². The summed E-state index contributed by atoms with van der Waals surface area (Å²) in [5.74, 6) is 0.990. The van der Waals surface area contributed by atoms with Crippen LogP contribution in [0.3, 0.4) is 0 Å². The van der Waals surface area contributed by atoms with E-state index in [9.17, 15) is 0 Å². The van der Waals surface area contributed by atoms with E-state index in [0.717, 1.165) is 19.0 Å². The first-order valence-electron chi connectivity index (χ1n) is 7.04. The van der Waals surface area contributed by atoms with Gasteiger partial charge in [-0.25, -0.2) is 0 Å². The molecule has 1 fully saturated rings. The fourth-order valence-corrected chi connectivity index (χ4v) is 2.92. The summed E-state index contributed by atoms with van der Waals surface area (Å²) < 4.78 is 0. The summed E-state index contributed by atoms with van der Waals surface area (Å²) in [5, 5.41) is 0. The maximum Gasteiger partial charge on any atom is 0.0315 e. The fraction of sp³-hybridized carbons (Fsp3) is 0.667. The Balaban J connectivity index is 1.74. The van der Waals surface area contributed by atoms with Crippen molar-refractivity contribution in [3.63, 3.8) is 0 Å². The Bertz CT molecular complexity index is 424. The molecule has 0 aromatic carbocycles. The SMILES string of the molecule is CN(C)Cc1cncc2c1CCN(CC1CC1)C2. The summed E-state index contributed by atoms with van der Waals surface area (Å²) in [6, 6.07) is 0. The van der Waals surface area contributed by atoms with Crippen LogP contribution in [-0.4, -0.2) is 42.0 Å². The zero-order valence-corrected chi connectivity index (χ0v) is 11.5. The van der Waals surface area contributed by atoms with Gasteiger partial charge in [0.2, 0.25) is 0 Å². The van der Waals surface area contributed by atoms with Crippen molar-refractivity contribution in [3.05, 3.63) is 29.1 Å². The van der Waals surface area contributed by atoms with Gasteiger partial charge in [-0.05, 0) is 56.0 Å². The lowest BCUT2D eigenvalue weighted by Gasteiger charge is -2.30. The van der Waals surface area contributed by atoms with Crippen molar-refractivity contribution in [3.8, 4) is 0 Å². The molecule has 1 aromatic heterocycles. The van der Waals surface area contributed by atoms with Crippen molar-refractivity contribution in [2.45, 2.75) is 32.4 Å². The van der Waals surface area contributed by atoms with Gasteiger partial charge in [-0.3, -0.25) is 9.88 Å². The Morgan fingerprint density at radius 2 is 2.17 bits per heavy atom. The van der Waals surface area contributed by atoms with Crippen molar-refractivity contribution < 1.29 is 0 Å². The van der Waals surface area contributed by atoms with Crippen molar-refractivity contribution >= 4 is 0 Å². The van der Waals surface area contributed by atoms with Crippen LogP contribution in [-0.2, 0) is 19.5 Å². The van der Waals surface area contributed by atoms with E-state index in [1.54, 1.807) is 5.56 Å². The molecule has 0 radical (unpaired) electrons. The first-order valence-corrected chi connectivity index (χ1v) is 7.04. The largest absolute Gasteiger partial charge is 0.305 e. The van der Waals surface area contributed by atoms with E-state index in [0.29, 0.717) is 0 Å². The lowest BCUT2D eigenvalue weighted by atomic mass is 9.97. The summed E-state index contributed by atoms with van der Waals surface area (Å²) in [4.78, 5) is 9.27. The quantitative estimate of drug-likeness (QED) is 0.808. The Morgan fingerprint density at radius 3 is 2.89 bits per heavy atom. The third-order valence-electron chi connectivity index (χ3n) is 4.01. The molecule has 0 N–H and O–H groups in total. The molecule has 0 saturated heterocycles. The summed E-state index contributed by atoms with van der Waals surface area (Å²) in [7, 11) is 4.25. The number of hydrogen-bond acceptors (Lipinski definition) is 3. The predicted molar refractivity (Wildman–Crippen MR) is 73.3 cm³/mol. The van der Waals surface area contributed by atoms with Gasteiger partial charge in [0.05, 0.1) is 0 Å². The van der Waals surface area contributed by atoms with Gasteiger partial charge in [-0.1, -0.05) is 0 Å².